The molecule has 0 aromatic heterocycles. The Labute approximate surface area is 148 Å². The van der Waals surface area contributed by atoms with Gasteiger partial charge in [0.25, 0.3) is 20.2 Å². The molecule has 0 radical (unpaired) electrons. The van der Waals surface area contributed by atoms with Crippen LogP contribution in [0, 0.1) is 13.8 Å². The van der Waals surface area contributed by atoms with Gasteiger partial charge in [-0.3, -0.25) is 8.37 Å². The predicted octanol–water partition coefficient (Wildman–Crippen LogP) is 2.80. The molecule has 8 heteroatoms. The zero-order valence-electron chi connectivity index (χ0n) is 14.2. The van der Waals surface area contributed by atoms with Crippen molar-refractivity contribution in [1.29, 1.82) is 0 Å². The smallest absolute Gasteiger partial charge is 0.264 e. The van der Waals surface area contributed by atoms with Gasteiger partial charge in [0.1, 0.15) is 0 Å². The predicted molar refractivity (Wildman–Crippen MR) is 93.2 cm³/mol. The second kappa shape index (κ2) is 7.65. The minimum atomic E-state index is -3.99. The van der Waals surface area contributed by atoms with Gasteiger partial charge in [0.15, 0.2) is 0 Å². The standard InChI is InChI=1S/C17H20O6S2/c1-13-4-8-16(9-5-13)24(18,19)22-12-15(3)23-25(20,21)17-10-6-14(2)7-11-17/h4-11,15H,12H2,1-3H3/t15-/m1/s1. The van der Waals surface area contributed by atoms with E-state index in [-0.39, 0.29) is 9.79 Å². The summed E-state index contributed by atoms with van der Waals surface area (Å²) < 4.78 is 58.4. The lowest BCUT2D eigenvalue weighted by molar-refractivity contribution is 0.152. The molecule has 6 nitrogen and oxygen atoms in total. The van der Waals surface area contributed by atoms with Gasteiger partial charge < -0.3 is 0 Å². The van der Waals surface area contributed by atoms with E-state index < -0.39 is 32.9 Å². The zero-order chi connectivity index (χ0) is 18.7. The highest BCUT2D eigenvalue weighted by Crippen LogP contribution is 2.17. The molecule has 0 unspecified atom stereocenters. The van der Waals surface area contributed by atoms with Gasteiger partial charge in [-0.05, 0) is 45.0 Å². The summed E-state index contributed by atoms with van der Waals surface area (Å²) in [6, 6.07) is 12.3. The fourth-order valence-electron chi connectivity index (χ4n) is 1.96. The lowest BCUT2D eigenvalue weighted by Crippen LogP contribution is -2.23. The van der Waals surface area contributed by atoms with Crippen molar-refractivity contribution in [2.24, 2.45) is 0 Å². The van der Waals surface area contributed by atoms with Crippen LogP contribution in [0.4, 0.5) is 0 Å². The molecule has 1 atom stereocenters. The average Bonchev–Trinajstić information content (AvgIpc) is 2.53. The van der Waals surface area contributed by atoms with E-state index in [0.717, 1.165) is 11.1 Å². The molecule has 2 aromatic carbocycles. The molecule has 0 N–H and O–H groups in total. The summed E-state index contributed by atoms with van der Waals surface area (Å²) in [6.07, 6.45) is -0.966. The van der Waals surface area contributed by atoms with Crippen molar-refractivity contribution in [2.45, 2.75) is 36.7 Å². The van der Waals surface area contributed by atoms with E-state index in [1.54, 1.807) is 24.3 Å². The van der Waals surface area contributed by atoms with Gasteiger partial charge in [-0.1, -0.05) is 35.4 Å². The Balaban J connectivity index is 2.01. The number of hydrogen-bond acceptors (Lipinski definition) is 6. The van der Waals surface area contributed by atoms with Crippen LogP contribution in [0.15, 0.2) is 58.3 Å². The van der Waals surface area contributed by atoms with Crippen LogP contribution in [0.5, 0.6) is 0 Å². The second-order valence-electron chi connectivity index (χ2n) is 5.73. The molecule has 0 fully saturated rings. The van der Waals surface area contributed by atoms with Crippen LogP contribution in [0.25, 0.3) is 0 Å². The van der Waals surface area contributed by atoms with Crippen LogP contribution < -0.4 is 0 Å². The second-order valence-corrected chi connectivity index (χ2v) is 8.91. The van der Waals surface area contributed by atoms with E-state index in [9.17, 15) is 16.8 Å². The van der Waals surface area contributed by atoms with E-state index in [1.165, 1.54) is 31.2 Å². The maximum atomic E-state index is 12.2. The molecule has 0 aliphatic rings. The van der Waals surface area contributed by atoms with Crippen molar-refractivity contribution in [3.05, 3.63) is 59.7 Å². The van der Waals surface area contributed by atoms with Gasteiger partial charge in [-0.2, -0.15) is 16.8 Å². The highest BCUT2D eigenvalue weighted by atomic mass is 32.2. The van der Waals surface area contributed by atoms with Crippen LogP contribution in [0.2, 0.25) is 0 Å². The van der Waals surface area contributed by atoms with E-state index >= 15 is 0 Å². The van der Waals surface area contributed by atoms with Crippen molar-refractivity contribution in [1.82, 2.24) is 0 Å². The Bertz CT molecular complexity index is 914. The fraction of sp³-hybridized carbons (Fsp3) is 0.294. The molecule has 2 rings (SSSR count). The largest absolute Gasteiger partial charge is 0.297 e. The summed E-state index contributed by atoms with van der Waals surface area (Å²) in [5.74, 6) is 0. The Morgan fingerprint density at radius 2 is 1.16 bits per heavy atom. The number of benzene rings is 2. The highest BCUT2D eigenvalue weighted by molar-refractivity contribution is 7.87. The molecule has 25 heavy (non-hydrogen) atoms. The first-order valence-electron chi connectivity index (χ1n) is 7.56. The van der Waals surface area contributed by atoms with Crippen LogP contribution in [0.3, 0.4) is 0 Å². The molecule has 0 aliphatic carbocycles. The summed E-state index contributed by atoms with van der Waals surface area (Å²) in [6.45, 7) is 4.68. The molecule has 0 amide bonds. The molecule has 0 aliphatic heterocycles. The molecular weight excluding hydrogens is 364 g/mol. The molecular formula is C17H20O6S2. The molecule has 0 saturated heterocycles. The van der Waals surface area contributed by atoms with Crippen LogP contribution in [-0.4, -0.2) is 29.5 Å². The number of rotatable bonds is 7. The third-order valence-corrected chi connectivity index (χ3v) is 6.10. The molecule has 0 saturated carbocycles. The van der Waals surface area contributed by atoms with Gasteiger partial charge in [0.2, 0.25) is 0 Å². The van der Waals surface area contributed by atoms with Gasteiger partial charge in [0, 0.05) is 0 Å². The minimum absolute atomic E-state index is 0.00587. The summed E-state index contributed by atoms with van der Waals surface area (Å²) in [5.41, 5.74) is 1.83. The van der Waals surface area contributed by atoms with Crippen molar-refractivity contribution >= 4 is 20.2 Å². The van der Waals surface area contributed by atoms with Gasteiger partial charge in [-0.15, -0.1) is 0 Å². The Morgan fingerprint density at radius 1 is 0.760 bits per heavy atom. The SMILES string of the molecule is Cc1ccc(S(=O)(=O)OC[C@@H](C)OS(=O)(=O)c2ccc(C)cc2)cc1. The van der Waals surface area contributed by atoms with Crippen molar-refractivity contribution in [3.63, 3.8) is 0 Å². The first-order valence-corrected chi connectivity index (χ1v) is 10.4. The lowest BCUT2D eigenvalue weighted by Gasteiger charge is -2.13. The minimum Gasteiger partial charge on any atom is -0.264 e. The molecule has 2 aromatic rings. The third-order valence-electron chi connectivity index (χ3n) is 3.37. The van der Waals surface area contributed by atoms with E-state index in [4.69, 9.17) is 8.37 Å². The average molecular weight is 384 g/mol. The van der Waals surface area contributed by atoms with Crippen molar-refractivity contribution in [2.75, 3.05) is 6.61 Å². The topological polar surface area (TPSA) is 86.7 Å². The molecule has 0 spiro atoms. The van der Waals surface area contributed by atoms with Gasteiger partial charge >= 0.3 is 0 Å². The third kappa shape index (κ3) is 5.37. The molecule has 136 valence electrons. The summed E-state index contributed by atoms with van der Waals surface area (Å²) in [7, 11) is -7.96. The van der Waals surface area contributed by atoms with Gasteiger partial charge in [-0.25, -0.2) is 0 Å². The van der Waals surface area contributed by atoms with Crippen LogP contribution in [-0.2, 0) is 28.6 Å². The monoisotopic (exact) mass is 384 g/mol. The zero-order valence-corrected chi connectivity index (χ0v) is 15.8. The van der Waals surface area contributed by atoms with E-state index in [0.29, 0.717) is 0 Å². The van der Waals surface area contributed by atoms with Gasteiger partial charge in [0.05, 0.1) is 22.5 Å². The lowest BCUT2D eigenvalue weighted by atomic mass is 10.2. The van der Waals surface area contributed by atoms with Crippen molar-refractivity contribution in [3.8, 4) is 0 Å². The first kappa shape index (κ1) is 19.6. The Morgan fingerprint density at radius 3 is 1.60 bits per heavy atom. The maximum absolute atomic E-state index is 12.2. The summed E-state index contributed by atoms with van der Waals surface area (Å²) in [4.78, 5) is 0.0121. The summed E-state index contributed by atoms with van der Waals surface area (Å²) in [5, 5.41) is 0. The quantitative estimate of drug-likeness (QED) is 0.682. The normalized spacial score (nSPS) is 13.6. The van der Waals surface area contributed by atoms with Crippen LogP contribution >= 0.6 is 0 Å². The van der Waals surface area contributed by atoms with Crippen molar-refractivity contribution < 1.29 is 25.2 Å². The maximum Gasteiger partial charge on any atom is 0.297 e. The molecule has 0 heterocycles. The fourth-order valence-corrected chi connectivity index (χ4v) is 4.01. The first-order chi connectivity index (χ1) is 11.6. The Hall–Kier alpha value is -1.74. The molecule has 0 bridgehead atoms. The van der Waals surface area contributed by atoms with Crippen LogP contribution in [0.1, 0.15) is 18.1 Å². The van der Waals surface area contributed by atoms with E-state index in [1.807, 2.05) is 13.8 Å². The summed E-state index contributed by atoms with van der Waals surface area (Å²) >= 11 is 0. The highest BCUT2D eigenvalue weighted by Gasteiger charge is 2.22. The number of hydrogen-bond donors (Lipinski definition) is 0. The van der Waals surface area contributed by atoms with E-state index in [2.05, 4.69) is 0 Å². The number of aryl methyl sites for hydroxylation is 2. The Kier molecular flexibility index (Phi) is 5.99.